The minimum atomic E-state index is -0.550. The van der Waals surface area contributed by atoms with Crippen molar-refractivity contribution < 1.29 is 14.4 Å². The van der Waals surface area contributed by atoms with Gasteiger partial charge < -0.3 is 16.0 Å². The molecule has 0 heterocycles. The number of hydrogen-bond acceptors (Lipinski definition) is 5. The van der Waals surface area contributed by atoms with Gasteiger partial charge in [0.15, 0.2) is 0 Å². The van der Waals surface area contributed by atoms with Gasteiger partial charge in [-0.25, -0.2) is 4.72 Å². The van der Waals surface area contributed by atoms with Crippen molar-refractivity contribution in [3.8, 4) is 0 Å². The van der Waals surface area contributed by atoms with Gasteiger partial charge in [-0.3, -0.25) is 14.4 Å². The average molecular weight is 587 g/mol. The molecule has 2 aromatic carbocycles. The zero-order valence-corrected chi connectivity index (χ0v) is 22.6. The Balaban J connectivity index is 0.000000513. The fourth-order valence-electron chi connectivity index (χ4n) is 2.96. The first kappa shape index (κ1) is 29.2. The van der Waals surface area contributed by atoms with Crippen molar-refractivity contribution in [1.82, 2.24) is 20.7 Å². The lowest BCUT2D eigenvalue weighted by Gasteiger charge is -2.14. The number of hydrogen-bond donors (Lipinski definition) is 4. The van der Waals surface area contributed by atoms with E-state index in [4.69, 9.17) is 0 Å². The summed E-state index contributed by atoms with van der Waals surface area (Å²) in [5.41, 5.74) is 1.20. The second-order valence-corrected chi connectivity index (χ2v) is 9.19. The lowest BCUT2D eigenvalue weighted by atomic mass is 10.0. The van der Waals surface area contributed by atoms with E-state index in [1.54, 1.807) is 6.92 Å². The molecule has 7 nitrogen and oxygen atoms in total. The molecule has 2 aromatic rings. The van der Waals surface area contributed by atoms with E-state index in [0.29, 0.717) is 13.0 Å². The van der Waals surface area contributed by atoms with Gasteiger partial charge in [0.2, 0.25) is 17.7 Å². The summed E-state index contributed by atoms with van der Waals surface area (Å²) in [5.74, 6) is -0.218. The third kappa shape index (κ3) is 12.3. The fraction of sp³-hybridized carbons (Fsp3) is 0.458. The molecule has 182 valence electrons. The Morgan fingerprint density at radius 1 is 0.970 bits per heavy atom. The third-order valence-corrected chi connectivity index (χ3v) is 5.99. The summed E-state index contributed by atoms with van der Waals surface area (Å²) in [7, 11) is 1.34. The van der Waals surface area contributed by atoms with Gasteiger partial charge in [0, 0.05) is 40.7 Å². The van der Waals surface area contributed by atoms with Crippen molar-refractivity contribution in [3.05, 3.63) is 48.0 Å². The van der Waals surface area contributed by atoms with Crippen LogP contribution in [-0.2, 0) is 20.8 Å². The van der Waals surface area contributed by atoms with Crippen LogP contribution in [0.3, 0.4) is 0 Å². The van der Waals surface area contributed by atoms with Gasteiger partial charge in [-0.1, -0.05) is 62.7 Å². The second kappa shape index (κ2) is 17.6. The standard InChI is InChI=1S/C17H20IN3O2S.C7H15NO/c1-12(21-16(22)11-20-24-18)17(23)19-10-9-14-7-4-6-13-5-2-3-8-15(13)14;1-3-5-6-8-7(9)4-2/h2-8,12,20H,9-11H2,1H3,(H,19,23)(H,21,22);3-6H2,1-2H3,(H,8,9). The van der Waals surface area contributed by atoms with Crippen molar-refractivity contribution in [3.63, 3.8) is 0 Å². The molecule has 9 heteroatoms. The highest BCUT2D eigenvalue weighted by atomic mass is 127. The smallest absolute Gasteiger partial charge is 0.242 e. The molecule has 0 aliphatic heterocycles. The third-order valence-electron chi connectivity index (χ3n) is 4.81. The summed E-state index contributed by atoms with van der Waals surface area (Å²) < 4.78 is 2.83. The maximum atomic E-state index is 12.1. The zero-order valence-electron chi connectivity index (χ0n) is 19.6. The van der Waals surface area contributed by atoms with Crippen molar-refractivity contribution in [1.29, 1.82) is 0 Å². The highest BCUT2D eigenvalue weighted by Gasteiger charge is 2.14. The van der Waals surface area contributed by atoms with Gasteiger partial charge in [0.1, 0.15) is 6.04 Å². The van der Waals surface area contributed by atoms with Crippen LogP contribution in [0, 0.1) is 0 Å². The van der Waals surface area contributed by atoms with E-state index in [-0.39, 0.29) is 24.3 Å². The Kier molecular flexibility index (Phi) is 15.6. The number of carbonyl (C=O) groups is 3. The predicted molar refractivity (Wildman–Crippen MR) is 146 cm³/mol. The fourth-order valence-corrected chi connectivity index (χ4v) is 3.62. The normalized spacial score (nSPS) is 11.2. The van der Waals surface area contributed by atoms with Crippen LogP contribution in [0.2, 0.25) is 0 Å². The van der Waals surface area contributed by atoms with E-state index in [0.717, 1.165) is 25.8 Å². The molecular weight excluding hydrogens is 551 g/mol. The van der Waals surface area contributed by atoms with Crippen LogP contribution in [-0.4, -0.2) is 43.4 Å². The van der Waals surface area contributed by atoms with Crippen LogP contribution in [0.4, 0.5) is 0 Å². The number of rotatable bonds is 12. The first-order valence-electron chi connectivity index (χ1n) is 11.2. The van der Waals surface area contributed by atoms with Gasteiger partial charge in [-0.05, 0) is 45.2 Å². The minimum absolute atomic E-state index is 0.156. The lowest BCUT2D eigenvalue weighted by molar-refractivity contribution is -0.128. The van der Waals surface area contributed by atoms with E-state index in [1.165, 1.54) is 25.5 Å². The molecule has 1 unspecified atom stereocenters. The van der Waals surface area contributed by atoms with Crippen LogP contribution < -0.4 is 20.7 Å². The highest BCUT2D eigenvalue weighted by molar-refractivity contribution is 14.2. The molecular formula is C24H35IN4O3S. The number of benzene rings is 2. The van der Waals surface area contributed by atoms with Gasteiger partial charge >= 0.3 is 0 Å². The van der Waals surface area contributed by atoms with Gasteiger partial charge in [-0.2, -0.15) is 0 Å². The van der Waals surface area contributed by atoms with Crippen molar-refractivity contribution in [2.24, 2.45) is 0 Å². The molecule has 0 saturated heterocycles. The molecule has 33 heavy (non-hydrogen) atoms. The zero-order chi connectivity index (χ0) is 24.5. The molecule has 0 aromatic heterocycles. The Morgan fingerprint density at radius 3 is 2.39 bits per heavy atom. The monoisotopic (exact) mass is 586 g/mol. The molecule has 0 fully saturated rings. The Bertz CT molecular complexity index is 876. The molecule has 0 saturated carbocycles. The maximum Gasteiger partial charge on any atom is 0.242 e. The molecule has 0 aliphatic carbocycles. The summed E-state index contributed by atoms with van der Waals surface area (Å²) in [6.07, 6.45) is 3.58. The summed E-state index contributed by atoms with van der Waals surface area (Å²) in [5, 5.41) is 10.7. The Morgan fingerprint density at radius 2 is 1.70 bits per heavy atom. The molecule has 2 rings (SSSR count). The van der Waals surface area contributed by atoms with E-state index < -0.39 is 6.04 Å². The molecule has 0 spiro atoms. The van der Waals surface area contributed by atoms with Crippen LogP contribution in [0.1, 0.15) is 45.6 Å². The van der Waals surface area contributed by atoms with Crippen LogP contribution in [0.25, 0.3) is 10.8 Å². The SMILES string of the molecule is CC(NC(=O)CNSI)C(=O)NCCc1cccc2ccccc12.CCCCNC(=O)CC. The topological polar surface area (TPSA) is 99.3 Å². The van der Waals surface area contributed by atoms with Gasteiger partial charge in [0.05, 0.1) is 6.54 Å². The largest absolute Gasteiger partial charge is 0.356 e. The quantitative estimate of drug-likeness (QED) is 0.172. The summed E-state index contributed by atoms with van der Waals surface area (Å²) in [6.45, 7) is 7.21. The summed E-state index contributed by atoms with van der Waals surface area (Å²) >= 11 is 2.04. The van der Waals surface area contributed by atoms with Gasteiger partial charge in [-0.15, -0.1) is 0 Å². The van der Waals surface area contributed by atoms with Crippen molar-refractivity contribution >= 4 is 58.8 Å². The van der Waals surface area contributed by atoms with Crippen LogP contribution in [0.15, 0.2) is 42.5 Å². The minimum Gasteiger partial charge on any atom is -0.356 e. The van der Waals surface area contributed by atoms with E-state index in [2.05, 4.69) is 51.9 Å². The van der Waals surface area contributed by atoms with Crippen molar-refractivity contribution in [2.75, 3.05) is 19.6 Å². The number of amides is 3. The van der Waals surface area contributed by atoms with E-state index in [1.807, 2.05) is 46.3 Å². The number of unbranched alkanes of at least 4 members (excludes halogenated alkanes) is 1. The molecule has 0 radical (unpaired) electrons. The van der Waals surface area contributed by atoms with Gasteiger partial charge in [0.25, 0.3) is 0 Å². The van der Waals surface area contributed by atoms with Crippen molar-refractivity contribution in [2.45, 2.75) is 52.5 Å². The number of carbonyl (C=O) groups excluding carboxylic acids is 3. The highest BCUT2D eigenvalue weighted by Crippen LogP contribution is 2.18. The summed E-state index contributed by atoms with van der Waals surface area (Å²) in [4.78, 5) is 34.2. The lowest BCUT2D eigenvalue weighted by Crippen LogP contribution is -2.47. The molecule has 0 aliphatic rings. The maximum absolute atomic E-state index is 12.1. The average Bonchev–Trinajstić information content (AvgIpc) is 2.83. The van der Waals surface area contributed by atoms with E-state index >= 15 is 0 Å². The molecule has 0 bridgehead atoms. The first-order chi connectivity index (χ1) is 15.9. The first-order valence-corrected chi connectivity index (χ1v) is 14.6. The number of fused-ring (bicyclic) bond motifs is 1. The number of halogens is 1. The molecule has 4 N–H and O–H groups in total. The van der Waals surface area contributed by atoms with E-state index in [9.17, 15) is 14.4 Å². The van der Waals surface area contributed by atoms with Crippen LogP contribution >= 0.6 is 30.3 Å². The second-order valence-electron chi connectivity index (χ2n) is 7.42. The summed E-state index contributed by atoms with van der Waals surface area (Å²) in [6, 6.07) is 13.8. The molecule has 3 amide bonds. The predicted octanol–water partition coefficient (Wildman–Crippen LogP) is 3.90. The van der Waals surface area contributed by atoms with Crippen LogP contribution in [0.5, 0.6) is 0 Å². The Labute approximate surface area is 213 Å². The Hall–Kier alpha value is -1.85. The number of nitrogens with one attached hydrogen (secondary N) is 4. The molecule has 1 atom stereocenters.